The molecule has 2 aliphatic rings. The number of nitrogens with one attached hydrogen (secondary N) is 2. The van der Waals surface area contributed by atoms with E-state index >= 15 is 0 Å². The van der Waals surface area contributed by atoms with Gasteiger partial charge in [-0.3, -0.25) is 19.4 Å². The fourth-order valence-electron chi connectivity index (χ4n) is 5.83. The van der Waals surface area contributed by atoms with E-state index < -0.39 is 22.0 Å². The second kappa shape index (κ2) is 20.0. The SMILES string of the molecule is CC(=O)O.CCOC(=O)CCCCCCC1CCN(C(=O)[C@H](CCCN=C(N)N)NS(=O)(=O)c2cccc3c2NCC(C)C3)CC1. The Hall–Kier alpha value is -3.39. The number of hydrogen-bond donors (Lipinski definition) is 5. The molecule has 13 nitrogen and oxygen atoms in total. The quantitative estimate of drug-likeness (QED) is 0.0753. The molecular formula is C32H54N6O7S. The minimum Gasteiger partial charge on any atom is -0.481 e. The number of anilines is 1. The first-order valence-corrected chi connectivity index (χ1v) is 17.9. The molecule has 1 unspecified atom stereocenters. The predicted octanol–water partition coefficient (Wildman–Crippen LogP) is 3.22. The summed E-state index contributed by atoms with van der Waals surface area (Å²) in [6.45, 7) is 7.68. The summed E-state index contributed by atoms with van der Waals surface area (Å²) in [5.74, 6) is -0.239. The van der Waals surface area contributed by atoms with Gasteiger partial charge in [0.15, 0.2) is 5.96 Å². The second-order valence-corrected chi connectivity index (χ2v) is 13.8. The van der Waals surface area contributed by atoms with Crippen LogP contribution in [0.2, 0.25) is 0 Å². The van der Waals surface area contributed by atoms with E-state index in [0.29, 0.717) is 69.6 Å². The van der Waals surface area contributed by atoms with Gasteiger partial charge in [0.25, 0.3) is 5.97 Å². The number of guanidine groups is 1. The van der Waals surface area contributed by atoms with Crippen LogP contribution in [0.1, 0.15) is 90.5 Å². The largest absolute Gasteiger partial charge is 0.481 e. The predicted molar refractivity (Wildman–Crippen MR) is 179 cm³/mol. The van der Waals surface area contributed by atoms with Gasteiger partial charge in [-0.2, -0.15) is 4.72 Å². The number of ether oxygens (including phenoxy) is 1. The number of fused-ring (bicyclic) bond motifs is 1. The molecule has 46 heavy (non-hydrogen) atoms. The normalized spacial score (nSPS) is 17.0. The maximum Gasteiger partial charge on any atom is 0.305 e. The van der Waals surface area contributed by atoms with Crippen LogP contribution in [0.15, 0.2) is 28.1 Å². The lowest BCUT2D eigenvalue weighted by Gasteiger charge is -2.34. The molecule has 0 bridgehead atoms. The number of esters is 1. The maximum atomic E-state index is 13.7. The number of piperidine rings is 1. The number of carbonyl (C=O) groups is 3. The highest BCUT2D eigenvalue weighted by molar-refractivity contribution is 7.89. The third-order valence-electron chi connectivity index (χ3n) is 8.11. The summed E-state index contributed by atoms with van der Waals surface area (Å²) < 4.78 is 35.0. The Morgan fingerprint density at radius 1 is 1.13 bits per heavy atom. The van der Waals surface area contributed by atoms with E-state index in [2.05, 4.69) is 22.0 Å². The summed E-state index contributed by atoms with van der Waals surface area (Å²) in [5, 5.41) is 10.7. The average molecular weight is 667 g/mol. The van der Waals surface area contributed by atoms with Gasteiger partial charge >= 0.3 is 5.97 Å². The molecular weight excluding hydrogens is 612 g/mol. The second-order valence-electron chi connectivity index (χ2n) is 12.1. The average Bonchev–Trinajstić information content (AvgIpc) is 2.99. The number of rotatable bonds is 16. The van der Waals surface area contributed by atoms with Gasteiger partial charge < -0.3 is 31.5 Å². The number of carboxylic acids is 1. The molecule has 260 valence electrons. The molecule has 0 aliphatic carbocycles. The van der Waals surface area contributed by atoms with E-state index in [1.807, 2.05) is 13.0 Å². The number of para-hydroxylation sites is 1. The van der Waals surface area contributed by atoms with Gasteiger partial charge in [0, 0.05) is 39.5 Å². The van der Waals surface area contributed by atoms with Crippen molar-refractivity contribution in [2.24, 2.45) is 28.3 Å². The van der Waals surface area contributed by atoms with Gasteiger partial charge in [0.05, 0.1) is 12.3 Å². The molecule has 2 atom stereocenters. The number of amides is 1. The summed E-state index contributed by atoms with van der Waals surface area (Å²) in [6, 6.07) is 4.39. The first kappa shape index (κ1) is 38.8. The number of hydrogen-bond acceptors (Lipinski definition) is 8. The molecule has 14 heteroatoms. The van der Waals surface area contributed by atoms with Crippen LogP contribution in [-0.4, -0.2) is 81.1 Å². The summed E-state index contributed by atoms with van der Waals surface area (Å²) in [6.07, 6.45) is 8.98. The lowest BCUT2D eigenvalue weighted by Crippen LogP contribution is -2.50. The van der Waals surface area contributed by atoms with Crippen molar-refractivity contribution < 1.29 is 32.6 Å². The minimum atomic E-state index is -3.97. The number of nitrogens with zero attached hydrogens (tertiary/aromatic N) is 2. The van der Waals surface area contributed by atoms with E-state index in [4.69, 9.17) is 26.1 Å². The number of unbranched alkanes of at least 4 members (excludes halogenated alkanes) is 3. The van der Waals surface area contributed by atoms with Crippen LogP contribution in [0, 0.1) is 11.8 Å². The highest BCUT2D eigenvalue weighted by atomic mass is 32.2. The molecule has 2 heterocycles. The fraction of sp³-hybridized carbons (Fsp3) is 0.688. The molecule has 0 saturated carbocycles. The van der Waals surface area contributed by atoms with Crippen LogP contribution < -0.4 is 21.5 Å². The number of sulfonamides is 1. The Bertz CT molecular complexity index is 1260. The number of aliphatic carboxylic acids is 1. The molecule has 2 aliphatic heterocycles. The zero-order chi connectivity index (χ0) is 34.1. The molecule has 1 amide bonds. The first-order valence-electron chi connectivity index (χ1n) is 16.4. The lowest BCUT2D eigenvalue weighted by molar-refractivity contribution is -0.143. The minimum absolute atomic E-state index is 0.0317. The van der Waals surface area contributed by atoms with Crippen LogP contribution in [0.3, 0.4) is 0 Å². The number of carboxylic acid groups (broad SMARTS) is 1. The van der Waals surface area contributed by atoms with E-state index in [1.165, 1.54) is 0 Å². The molecule has 0 spiro atoms. The van der Waals surface area contributed by atoms with Gasteiger partial charge in [0.1, 0.15) is 10.9 Å². The highest BCUT2D eigenvalue weighted by Crippen LogP contribution is 2.31. The van der Waals surface area contributed by atoms with Crippen LogP contribution in [0.25, 0.3) is 0 Å². The van der Waals surface area contributed by atoms with E-state index in [-0.39, 0.29) is 22.7 Å². The van der Waals surface area contributed by atoms with Crippen molar-refractivity contribution in [1.82, 2.24) is 9.62 Å². The zero-order valence-electron chi connectivity index (χ0n) is 27.6. The Morgan fingerprint density at radius 2 is 1.80 bits per heavy atom. The summed E-state index contributed by atoms with van der Waals surface area (Å²) in [7, 11) is -3.97. The van der Waals surface area contributed by atoms with Crippen molar-refractivity contribution in [2.45, 2.75) is 102 Å². The van der Waals surface area contributed by atoms with Gasteiger partial charge in [-0.25, -0.2) is 8.42 Å². The Morgan fingerprint density at radius 3 is 2.46 bits per heavy atom. The van der Waals surface area contributed by atoms with E-state index in [1.54, 1.807) is 17.0 Å². The van der Waals surface area contributed by atoms with Crippen molar-refractivity contribution >= 4 is 39.5 Å². The zero-order valence-corrected chi connectivity index (χ0v) is 28.4. The number of likely N-dealkylation sites (tertiary alicyclic amines) is 1. The van der Waals surface area contributed by atoms with Gasteiger partial charge in [-0.05, 0) is 68.9 Å². The maximum absolute atomic E-state index is 13.7. The summed E-state index contributed by atoms with van der Waals surface area (Å²) >= 11 is 0. The molecule has 0 aromatic heterocycles. The van der Waals surface area contributed by atoms with Crippen LogP contribution in [0.5, 0.6) is 0 Å². The highest BCUT2D eigenvalue weighted by Gasteiger charge is 2.33. The molecule has 1 aromatic carbocycles. The van der Waals surface area contributed by atoms with Crippen molar-refractivity contribution in [3.8, 4) is 0 Å². The third-order valence-corrected chi connectivity index (χ3v) is 9.63. The number of carbonyl (C=O) groups excluding carboxylic acids is 2. The number of nitrogens with two attached hydrogens (primary N) is 2. The first-order chi connectivity index (χ1) is 21.8. The Kier molecular flexibility index (Phi) is 16.8. The third kappa shape index (κ3) is 13.9. The summed E-state index contributed by atoms with van der Waals surface area (Å²) in [5.41, 5.74) is 12.5. The van der Waals surface area contributed by atoms with Crippen LogP contribution in [0.4, 0.5) is 5.69 Å². The molecule has 0 radical (unpaired) electrons. The fourth-order valence-corrected chi connectivity index (χ4v) is 7.28. The monoisotopic (exact) mass is 666 g/mol. The van der Waals surface area contributed by atoms with Crippen molar-refractivity contribution in [1.29, 1.82) is 0 Å². The van der Waals surface area contributed by atoms with Crippen molar-refractivity contribution in [3.63, 3.8) is 0 Å². The molecule has 7 N–H and O–H groups in total. The van der Waals surface area contributed by atoms with Gasteiger partial charge in [-0.15, -0.1) is 0 Å². The van der Waals surface area contributed by atoms with Gasteiger partial charge in [0.2, 0.25) is 15.9 Å². The van der Waals surface area contributed by atoms with E-state index in [9.17, 15) is 18.0 Å². The van der Waals surface area contributed by atoms with Gasteiger partial charge in [-0.1, -0.05) is 44.7 Å². The molecule has 1 saturated heterocycles. The van der Waals surface area contributed by atoms with Crippen molar-refractivity contribution in [3.05, 3.63) is 23.8 Å². The number of benzene rings is 1. The molecule has 3 rings (SSSR count). The lowest BCUT2D eigenvalue weighted by atomic mass is 9.90. The molecule has 1 fully saturated rings. The summed E-state index contributed by atoms with van der Waals surface area (Å²) in [4.78, 5) is 40.1. The van der Waals surface area contributed by atoms with Crippen LogP contribution >= 0.6 is 0 Å². The topological polar surface area (TPSA) is 207 Å². The Balaban J connectivity index is 0.00000173. The smallest absolute Gasteiger partial charge is 0.305 e. The molecule has 1 aromatic rings. The van der Waals surface area contributed by atoms with Crippen LogP contribution in [-0.2, 0) is 35.6 Å². The van der Waals surface area contributed by atoms with E-state index in [0.717, 1.165) is 63.9 Å². The number of aliphatic imine (C=N–C) groups is 1. The standard InChI is InChI=1S/C30H50N6O5S.C2H4O2/c1-3-41-27(37)14-7-5-4-6-10-23-15-18-36(19-16-23)29(38)25(12-9-17-33-30(31)32)35-42(39,40)26-13-8-11-24-20-22(2)21-34-28(24)26;1-2(3)4/h8,11,13,22-23,25,34-35H,3-7,9-10,12,14-21H2,1-2H3,(H4,31,32,33);1H3,(H,3,4)/t22?,25-;/m0./s1. The Labute approximate surface area is 274 Å². The van der Waals surface area contributed by atoms with Crippen molar-refractivity contribution in [2.75, 3.05) is 38.1 Å².